The molecule has 32 heavy (non-hydrogen) atoms. The Morgan fingerprint density at radius 2 is 1.91 bits per heavy atom. The van der Waals surface area contributed by atoms with Gasteiger partial charge in [0.15, 0.2) is 0 Å². The second-order valence-corrected chi connectivity index (χ2v) is 8.57. The number of rotatable bonds is 6. The molecular weight excluding hydrogens is 409 g/mol. The molecule has 2 fully saturated rings. The zero-order valence-electron chi connectivity index (χ0n) is 18.4. The molecule has 2 heterocycles. The molecule has 0 radical (unpaired) electrons. The van der Waals surface area contributed by atoms with Gasteiger partial charge in [-0.2, -0.15) is 0 Å². The van der Waals surface area contributed by atoms with Crippen molar-refractivity contribution < 1.29 is 18.7 Å². The van der Waals surface area contributed by atoms with Crippen LogP contribution in [0, 0.1) is 12.7 Å². The SMILES string of the molecule is Cc1ccccc1OC1CCN(C(=O)C[C@@H]2C(=O)NCCN2Cc2cccc(F)c2)CC1. The Hall–Kier alpha value is -2.93. The summed E-state index contributed by atoms with van der Waals surface area (Å²) in [7, 11) is 0. The Labute approximate surface area is 188 Å². The summed E-state index contributed by atoms with van der Waals surface area (Å²) < 4.78 is 19.7. The second-order valence-electron chi connectivity index (χ2n) is 8.57. The van der Waals surface area contributed by atoms with Gasteiger partial charge in [-0.1, -0.05) is 30.3 Å². The third-order valence-electron chi connectivity index (χ3n) is 6.27. The van der Waals surface area contributed by atoms with Crippen LogP contribution >= 0.6 is 0 Å². The number of piperidine rings is 1. The maximum atomic E-state index is 13.6. The molecule has 2 aliphatic rings. The van der Waals surface area contributed by atoms with Crippen LogP contribution in [-0.2, 0) is 16.1 Å². The smallest absolute Gasteiger partial charge is 0.237 e. The fraction of sp³-hybridized carbons (Fsp3) is 0.440. The molecule has 170 valence electrons. The predicted octanol–water partition coefficient (Wildman–Crippen LogP) is 2.89. The van der Waals surface area contributed by atoms with Gasteiger partial charge in [-0.3, -0.25) is 14.5 Å². The van der Waals surface area contributed by atoms with E-state index in [1.54, 1.807) is 6.07 Å². The van der Waals surface area contributed by atoms with E-state index in [9.17, 15) is 14.0 Å². The first-order valence-corrected chi connectivity index (χ1v) is 11.3. The molecule has 0 aromatic heterocycles. The minimum atomic E-state index is -0.541. The van der Waals surface area contributed by atoms with Gasteiger partial charge >= 0.3 is 0 Å². The Balaban J connectivity index is 1.32. The molecule has 1 atom stereocenters. The highest BCUT2D eigenvalue weighted by Crippen LogP contribution is 2.23. The van der Waals surface area contributed by atoms with Crippen molar-refractivity contribution in [1.82, 2.24) is 15.1 Å². The zero-order valence-corrected chi connectivity index (χ0v) is 18.4. The maximum Gasteiger partial charge on any atom is 0.237 e. The summed E-state index contributed by atoms with van der Waals surface area (Å²) in [5.41, 5.74) is 1.90. The zero-order chi connectivity index (χ0) is 22.5. The van der Waals surface area contributed by atoms with Crippen molar-refractivity contribution in [2.24, 2.45) is 0 Å². The van der Waals surface area contributed by atoms with Gasteiger partial charge in [-0.15, -0.1) is 0 Å². The Morgan fingerprint density at radius 1 is 1.12 bits per heavy atom. The van der Waals surface area contributed by atoms with Crippen LogP contribution in [0.3, 0.4) is 0 Å². The number of benzene rings is 2. The summed E-state index contributed by atoms with van der Waals surface area (Å²) in [6, 6.07) is 13.8. The number of halogens is 1. The monoisotopic (exact) mass is 439 g/mol. The molecule has 2 amide bonds. The van der Waals surface area contributed by atoms with Crippen molar-refractivity contribution in [1.29, 1.82) is 0 Å². The first-order valence-electron chi connectivity index (χ1n) is 11.3. The Kier molecular flexibility index (Phi) is 7.05. The molecule has 2 aromatic carbocycles. The van der Waals surface area contributed by atoms with E-state index in [4.69, 9.17) is 4.74 Å². The van der Waals surface area contributed by atoms with E-state index in [-0.39, 0.29) is 30.2 Å². The molecule has 2 saturated heterocycles. The number of nitrogens with one attached hydrogen (secondary N) is 1. The summed E-state index contributed by atoms with van der Waals surface area (Å²) in [4.78, 5) is 29.4. The van der Waals surface area contributed by atoms with Crippen LogP contribution in [-0.4, -0.2) is 59.9 Å². The third-order valence-corrected chi connectivity index (χ3v) is 6.27. The van der Waals surface area contributed by atoms with Crippen LogP contribution in [0.25, 0.3) is 0 Å². The second kappa shape index (κ2) is 10.1. The number of hydrogen-bond donors (Lipinski definition) is 1. The highest BCUT2D eigenvalue weighted by Gasteiger charge is 2.34. The van der Waals surface area contributed by atoms with E-state index >= 15 is 0 Å². The predicted molar refractivity (Wildman–Crippen MR) is 120 cm³/mol. The van der Waals surface area contributed by atoms with E-state index < -0.39 is 6.04 Å². The number of piperazine rings is 1. The number of likely N-dealkylation sites (tertiary alicyclic amines) is 1. The lowest BCUT2D eigenvalue weighted by atomic mass is 10.0. The number of ether oxygens (including phenoxy) is 1. The molecule has 1 N–H and O–H groups in total. The fourth-order valence-electron chi connectivity index (χ4n) is 4.43. The van der Waals surface area contributed by atoms with Crippen molar-refractivity contribution in [3.05, 3.63) is 65.5 Å². The fourth-order valence-corrected chi connectivity index (χ4v) is 4.43. The van der Waals surface area contributed by atoms with Gasteiger partial charge in [0.2, 0.25) is 11.8 Å². The van der Waals surface area contributed by atoms with E-state index in [1.807, 2.05) is 47.1 Å². The number of aryl methyl sites for hydroxylation is 1. The topological polar surface area (TPSA) is 61.9 Å². The van der Waals surface area contributed by atoms with Crippen LogP contribution in [0.2, 0.25) is 0 Å². The number of carbonyl (C=O) groups is 2. The van der Waals surface area contributed by atoms with Gasteiger partial charge in [-0.05, 0) is 36.2 Å². The quantitative estimate of drug-likeness (QED) is 0.752. The first-order chi connectivity index (χ1) is 15.5. The average Bonchev–Trinajstić information content (AvgIpc) is 2.78. The molecule has 4 rings (SSSR count). The number of amides is 2. The highest BCUT2D eigenvalue weighted by atomic mass is 19.1. The Bertz CT molecular complexity index is 959. The van der Waals surface area contributed by atoms with E-state index in [0.29, 0.717) is 32.7 Å². The minimum Gasteiger partial charge on any atom is -0.490 e. The lowest BCUT2D eigenvalue weighted by Gasteiger charge is -2.37. The van der Waals surface area contributed by atoms with Gasteiger partial charge in [0, 0.05) is 45.6 Å². The number of para-hydroxylation sites is 1. The molecule has 7 heteroatoms. The summed E-state index contributed by atoms with van der Waals surface area (Å²) in [5.74, 6) is 0.431. The summed E-state index contributed by atoms with van der Waals surface area (Å²) in [6.07, 6.45) is 1.75. The van der Waals surface area contributed by atoms with Crippen molar-refractivity contribution in [2.75, 3.05) is 26.2 Å². The largest absolute Gasteiger partial charge is 0.490 e. The standard InChI is InChI=1S/C25H30FN3O3/c1-18-5-2-3-8-23(18)32-21-9-12-28(13-10-21)24(30)16-22-25(31)27-11-14-29(22)17-19-6-4-7-20(26)15-19/h2-8,15,21-22H,9-14,16-17H2,1H3,(H,27,31)/t22-/m1/s1. The number of hydrogen-bond acceptors (Lipinski definition) is 4. The van der Waals surface area contributed by atoms with Gasteiger partial charge in [0.1, 0.15) is 17.7 Å². The molecule has 2 aromatic rings. The lowest BCUT2D eigenvalue weighted by Crippen LogP contribution is -2.56. The Morgan fingerprint density at radius 3 is 2.66 bits per heavy atom. The van der Waals surface area contributed by atoms with Crippen molar-refractivity contribution >= 4 is 11.8 Å². The molecule has 0 bridgehead atoms. The molecule has 0 aliphatic carbocycles. The number of nitrogens with zero attached hydrogens (tertiary/aromatic N) is 2. The summed E-state index contributed by atoms with van der Waals surface area (Å²) >= 11 is 0. The van der Waals surface area contributed by atoms with E-state index in [1.165, 1.54) is 12.1 Å². The molecule has 0 saturated carbocycles. The van der Waals surface area contributed by atoms with Crippen LogP contribution in [0.5, 0.6) is 5.75 Å². The van der Waals surface area contributed by atoms with E-state index in [0.717, 1.165) is 29.7 Å². The summed E-state index contributed by atoms with van der Waals surface area (Å²) in [6.45, 7) is 4.86. The summed E-state index contributed by atoms with van der Waals surface area (Å²) in [5, 5.41) is 2.86. The molecule has 0 spiro atoms. The molecular formula is C25H30FN3O3. The van der Waals surface area contributed by atoms with Crippen LogP contribution in [0.1, 0.15) is 30.4 Å². The van der Waals surface area contributed by atoms with Gasteiger partial charge < -0.3 is 15.0 Å². The molecule has 0 unspecified atom stereocenters. The van der Waals surface area contributed by atoms with E-state index in [2.05, 4.69) is 5.32 Å². The average molecular weight is 440 g/mol. The molecule has 2 aliphatic heterocycles. The van der Waals surface area contributed by atoms with Gasteiger partial charge in [0.25, 0.3) is 0 Å². The third kappa shape index (κ3) is 5.46. The van der Waals surface area contributed by atoms with Crippen molar-refractivity contribution in [2.45, 2.75) is 44.9 Å². The van der Waals surface area contributed by atoms with Crippen LogP contribution < -0.4 is 10.1 Å². The van der Waals surface area contributed by atoms with Crippen molar-refractivity contribution in [3.63, 3.8) is 0 Å². The first kappa shape index (κ1) is 22.3. The molecule has 6 nitrogen and oxygen atoms in total. The highest BCUT2D eigenvalue weighted by molar-refractivity contribution is 5.88. The lowest BCUT2D eigenvalue weighted by molar-refractivity contribution is -0.140. The van der Waals surface area contributed by atoms with Crippen molar-refractivity contribution in [3.8, 4) is 5.75 Å². The van der Waals surface area contributed by atoms with Gasteiger partial charge in [0.05, 0.1) is 12.5 Å². The maximum absolute atomic E-state index is 13.6. The van der Waals surface area contributed by atoms with Crippen LogP contribution in [0.4, 0.5) is 4.39 Å². The normalized spacial score (nSPS) is 20.1. The number of carbonyl (C=O) groups excluding carboxylic acids is 2. The minimum absolute atomic E-state index is 0.0226. The van der Waals surface area contributed by atoms with Crippen LogP contribution in [0.15, 0.2) is 48.5 Å². The van der Waals surface area contributed by atoms with Gasteiger partial charge in [-0.25, -0.2) is 4.39 Å².